The Labute approximate surface area is 232 Å². The standard InChI is InChI=1S/C26H33NO2.C8H5Cl/c1-26-15-22(16-4-7-18(8-5-16)27(2)3)25-20-11-9-19(28)14-17(20)6-10-21(25)23(26)12-13-24(26)29;1-2-7-3-5-8(9)6-4-7/h4-5,7-8,14,21-24,29H,6,9-13,15H2,1-3H3;1,3-6H. The van der Waals surface area contributed by atoms with Gasteiger partial charge in [-0.05, 0) is 115 Å². The summed E-state index contributed by atoms with van der Waals surface area (Å²) in [6, 6.07) is 16.2. The summed E-state index contributed by atoms with van der Waals surface area (Å²) in [5, 5.41) is 11.7. The zero-order valence-corrected chi connectivity index (χ0v) is 23.5. The Kier molecular flexibility index (Phi) is 7.58. The first-order valence-corrected chi connectivity index (χ1v) is 14.2. The minimum Gasteiger partial charge on any atom is -0.393 e. The number of carbonyl (C=O) groups excluding carboxylic acids is 1. The SMILES string of the molecule is C#Cc1ccc(Cl)cc1.CN(C)c1ccc(C2CC3(C)C(O)CCC3C3CCC4=CC(=O)CCC4=C23)cc1. The van der Waals surface area contributed by atoms with Crippen LogP contribution in [0.5, 0.6) is 0 Å². The second kappa shape index (κ2) is 10.8. The molecule has 3 nitrogen and oxygen atoms in total. The number of nitrogens with zero attached hydrogens (tertiary/aromatic N) is 1. The Bertz CT molecular complexity index is 1300. The van der Waals surface area contributed by atoms with Crippen LogP contribution < -0.4 is 4.90 Å². The normalized spacial score (nSPS) is 29.7. The molecule has 0 amide bonds. The molecule has 38 heavy (non-hydrogen) atoms. The van der Waals surface area contributed by atoms with Crippen LogP contribution in [0.4, 0.5) is 5.69 Å². The summed E-state index contributed by atoms with van der Waals surface area (Å²) in [5.74, 6) is 4.29. The van der Waals surface area contributed by atoms with Gasteiger partial charge < -0.3 is 10.0 Å². The van der Waals surface area contributed by atoms with Crippen molar-refractivity contribution >= 4 is 23.1 Å². The summed E-state index contributed by atoms with van der Waals surface area (Å²) >= 11 is 5.60. The summed E-state index contributed by atoms with van der Waals surface area (Å²) < 4.78 is 0. The molecule has 4 aliphatic carbocycles. The number of halogens is 1. The van der Waals surface area contributed by atoms with Gasteiger partial charge in [0.15, 0.2) is 5.78 Å². The number of rotatable bonds is 2. The molecule has 2 saturated carbocycles. The van der Waals surface area contributed by atoms with Crippen molar-refractivity contribution in [3.05, 3.63) is 87.5 Å². The lowest BCUT2D eigenvalue weighted by molar-refractivity contribution is -0.114. The van der Waals surface area contributed by atoms with Crippen molar-refractivity contribution in [3.8, 4) is 12.3 Å². The number of hydrogen-bond acceptors (Lipinski definition) is 3. The fraction of sp³-hybridized carbons (Fsp3) is 0.441. The highest BCUT2D eigenvalue weighted by Crippen LogP contribution is 2.63. The molecule has 2 fully saturated rings. The van der Waals surface area contributed by atoms with Crippen LogP contribution in [0.25, 0.3) is 0 Å². The number of ketones is 1. The number of aliphatic hydroxyl groups is 1. The third kappa shape index (κ3) is 4.97. The van der Waals surface area contributed by atoms with Crippen LogP contribution in [0.3, 0.4) is 0 Å². The second-order valence-corrected chi connectivity index (χ2v) is 12.3. The number of terminal acetylenes is 1. The van der Waals surface area contributed by atoms with Gasteiger partial charge in [-0.25, -0.2) is 0 Å². The van der Waals surface area contributed by atoms with E-state index in [-0.39, 0.29) is 11.5 Å². The van der Waals surface area contributed by atoms with Crippen molar-refractivity contribution in [2.45, 2.75) is 63.9 Å². The first-order chi connectivity index (χ1) is 18.2. The molecular weight excluding hydrogens is 490 g/mol. The highest BCUT2D eigenvalue weighted by atomic mass is 35.5. The molecule has 0 aliphatic heterocycles. The van der Waals surface area contributed by atoms with Crippen LogP contribution >= 0.6 is 11.6 Å². The van der Waals surface area contributed by atoms with E-state index >= 15 is 0 Å². The van der Waals surface area contributed by atoms with Gasteiger partial charge in [0, 0.05) is 42.7 Å². The summed E-state index contributed by atoms with van der Waals surface area (Å²) in [4.78, 5) is 14.2. The number of anilines is 1. The minimum atomic E-state index is -0.188. The van der Waals surface area contributed by atoms with E-state index in [1.165, 1.54) is 22.4 Å². The van der Waals surface area contributed by atoms with Crippen LogP contribution in [0, 0.1) is 29.6 Å². The number of hydrogen-bond donors (Lipinski definition) is 1. The maximum Gasteiger partial charge on any atom is 0.156 e. The summed E-state index contributed by atoms with van der Waals surface area (Å²) in [5.41, 5.74) is 7.88. The van der Waals surface area contributed by atoms with Gasteiger partial charge in [-0.15, -0.1) is 6.42 Å². The quantitative estimate of drug-likeness (QED) is 0.415. The molecule has 5 atom stereocenters. The third-order valence-corrected chi connectivity index (χ3v) is 9.76. The zero-order valence-electron chi connectivity index (χ0n) is 22.7. The van der Waals surface area contributed by atoms with Gasteiger partial charge in [0.05, 0.1) is 6.10 Å². The van der Waals surface area contributed by atoms with Crippen LogP contribution in [-0.2, 0) is 4.79 Å². The van der Waals surface area contributed by atoms with Gasteiger partial charge in [-0.3, -0.25) is 4.79 Å². The van der Waals surface area contributed by atoms with Gasteiger partial charge in [0.2, 0.25) is 0 Å². The predicted molar refractivity (Wildman–Crippen MR) is 156 cm³/mol. The molecule has 2 aromatic rings. The van der Waals surface area contributed by atoms with E-state index in [1.807, 2.05) is 18.2 Å². The number of aliphatic hydroxyl groups excluding tert-OH is 1. The number of carbonyl (C=O) groups is 1. The fourth-order valence-electron chi connectivity index (χ4n) is 7.48. The lowest BCUT2D eigenvalue weighted by Gasteiger charge is -2.52. The highest BCUT2D eigenvalue weighted by Gasteiger charge is 2.56. The van der Waals surface area contributed by atoms with Crippen molar-refractivity contribution in [2.75, 3.05) is 19.0 Å². The molecule has 2 aromatic carbocycles. The minimum absolute atomic E-state index is 0.00527. The molecule has 0 heterocycles. The van der Waals surface area contributed by atoms with Crippen LogP contribution in [0.15, 0.2) is 71.3 Å². The van der Waals surface area contributed by atoms with Crippen LogP contribution in [-0.4, -0.2) is 31.1 Å². The van der Waals surface area contributed by atoms with Gasteiger partial charge in [-0.1, -0.05) is 42.2 Å². The van der Waals surface area contributed by atoms with E-state index < -0.39 is 0 Å². The third-order valence-electron chi connectivity index (χ3n) is 9.50. The molecule has 0 radical (unpaired) electrons. The van der Waals surface area contributed by atoms with Gasteiger partial charge >= 0.3 is 0 Å². The van der Waals surface area contributed by atoms with E-state index in [1.54, 1.807) is 17.7 Å². The summed E-state index contributed by atoms with van der Waals surface area (Å²) in [6.45, 7) is 2.34. The largest absolute Gasteiger partial charge is 0.393 e. The van der Waals surface area contributed by atoms with Gasteiger partial charge in [0.25, 0.3) is 0 Å². The molecule has 0 spiro atoms. The molecule has 5 unspecified atom stereocenters. The Balaban J connectivity index is 0.000000278. The van der Waals surface area contributed by atoms with Crippen molar-refractivity contribution in [3.63, 3.8) is 0 Å². The number of allylic oxidation sites excluding steroid dienone is 4. The first-order valence-electron chi connectivity index (χ1n) is 13.9. The average molecular weight is 528 g/mol. The Morgan fingerprint density at radius 1 is 1.00 bits per heavy atom. The van der Waals surface area contributed by atoms with Crippen LogP contribution in [0.2, 0.25) is 5.02 Å². The van der Waals surface area contributed by atoms with E-state index in [4.69, 9.17) is 18.0 Å². The molecule has 0 bridgehead atoms. The van der Waals surface area contributed by atoms with Gasteiger partial charge in [-0.2, -0.15) is 0 Å². The molecule has 1 N–H and O–H groups in total. The highest BCUT2D eigenvalue weighted by molar-refractivity contribution is 6.30. The van der Waals surface area contributed by atoms with Crippen molar-refractivity contribution < 1.29 is 9.90 Å². The topological polar surface area (TPSA) is 40.5 Å². The number of benzene rings is 2. The first kappa shape index (κ1) is 26.8. The monoisotopic (exact) mass is 527 g/mol. The molecule has 6 rings (SSSR count). The zero-order chi connectivity index (χ0) is 27.0. The summed E-state index contributed by atoms with van der Waals surface area (Å²) in [6.07, 6.45) is 13.7. The summed E-state index contributed by atoms with van der Waals surface area (Å²) in [7, 11) is 4.15. The fourth-order valence-corrected chi connectivity index (χ4v) is 7.61. The Hall–Kier alpha value is -2.80. The molecule has 4 heteroatoms. The predicted octanol–water partition coefficient (Wildman–Crippen LogP) is 7.33. The molecule has 0 saturated heterocycles. The number of fused-ring (bicyclic) bond motifs is 4. The van der Waals surface area contributed by atoms with Crippen molar-refractivity contribution in [1.82, 2.24) is 0 Å². The lowest BCUT2D eigenvalue weighted by Crippen LogP contribution is -2.45. The van der Waals surface area contributed by atoms with Crippen molar-refractivity contribution in [1.29, 1.82) is 0 Å². The van der Waals surface area contributed by atoms with Crippen LogP contribution in [0.1, 0.15) is 68.9 Å². The maximum absolute atomic E-state index is 12.1. The van der Waals surface area contributed by atoms with Crippen molar-refractivity contribution in [2.24, 2.45) is 17.3 Å². The lowest BCUT2D eigenvalue weighted by atomic mass is 9.53. The Morgan fingerprint density at radius 2 is 1.71 bits per heavy atom. The molecule has 0 aromatic heterocycles. The smallest absolute Gasteiger partial charge is 0.156 e. The second-order valence-electron chi connectivity index (χ2n) is 11.8. The maximum atomic E-state index is 12.1. The van der Waals surface area contributed by atoms with Gasteiger partial charge in [0.1, 0.15) is 0 Å². The van der Waals surface area contributed by atoms with E-state index in [9.17, 15) is 9.90 Å². The van der Waals surface area contributed by atoms with E-state index in [2.05, 4.69) is 56.1 Å². The Morgan fingerprint density at radius 3 is 2.37 bits per heavy atom. The molecular formula is C34H38ClNO2. The van der Waals surface area contributed by atoms with E-state index in [0.29, 0.717) is 35.0 Å². The van der Waals surface area contributed by atoms with E-state index in [0.717, 1.165) is 44.1 Å². The molecule has 4 aliphatic rings. The average Bonchev–Trinajstić information content (AvgIpc) is 3.22. The molecule has 198 valence electrons.